The van der Waals surface area contributed by atoms with Crippen LogP contribution in [0.5, 0.6) is 0 Å². The van der Waals surface area contributed by atoms with Crippen LogP contribution in [0.2, 0.25) is 0 Å². The minimum atomic E-state index is -3.00. The van der Waals surface area contributed by atoms with E-state index in [4.69, 9.17) is 0 Å². The molecule has 18 heavy (non-hydrogen) atoms. The van der Waals surface area contributed by atoms with Gasteiger partial charge in [-0.1, -0.05) is 13.3 Å². The fourth-order valence-corrected chi connectivity index (χ4v) is 4.84. The number of amides is 1. The monoisotopic (exact) mass is 274 g/mol. The average molecular weight is 274 g/mol. The molecular formula is C12H22N2O3S. The minimum Gasteiger partial charge on any atom is -0.351 e. The van der Waals surface area contributed by atoms with Crippen LogP contribution in [0.4, 0.5) is 0 Å². The maximum atomic E-state index is 11.8. The number of rotatable bonds is 3. The third-order valence-corrected chi connectivity index (χ3v) is 5.57. The van der Waals surface area contributed by atoms with Gasteiger partial charge in [-0.05, 0) is 25.9 Å². The summed E-state index contributed by atoms with van der Waals surface area (Å²) >= 11 is 0. The van der Waals surface area contributed by atoms with Crippen LogP contribution in [0, 0.1) is 0 Å². The fraction of sp³-hybridized carbons (Fsp3) is 0.917. The SMILES string of the molecule is CCC(=O)N[C@H]1CS(=O)(=O)C[C@H]1N1CCCCC1. The first-order valence-corrected chi connectivity index (χ1v) is 8.58. The molecule has 0 aromatic heterocycles. The Morgan fingerprint density at radius 2 is 1.89 bits per heavy atom. The zero-order valence-corrected chi connectivity index (χ0v) is 11.7. The number of sulfone groups is 1. The first-order chi connectivity index (χ1) is 8.52. The standard InChI is InChI=1S/C12H22N2O3S/c1-2-12(15)13-10-8-18(16,17)9-11(10)14-6-4-3-5-7-14/h10-11H,2-9H2,1H3,(H,13,15)/t10-,11+/m0/s1. The molecule has 1 amide bonds. The fourth-order valence-electron chi connectivity index (χ4n) is 2.89. The molecule has 0 unspecified atom stereocenters. The zero-order valence-electron chi connectivity index (χ0n) is 10.9. The molecule has 0 aliphatic carbocycles. The van der Waals surface area contributed by atoms with Gasteiger partial charge in [-0.3, -0.25) is 9.69 Å². The van der Waals surface area contributed by atoms with E-state index in [0.29, 0.717) is 6.42 Å². The molecule has 0 saturated carbocycles. The molecule has 2 aliphatic heterocycles. The molecule has 2 heterocycles. The van der Waals surface area contributed by atoms with Gasteiger partial charge in [0.25, 0.3) is 0 Å². The van der Waals surface area contributed by atoms with Gasteiger partial charge in [0.1, 0.15) is 0 Å². The largest absolute Gasteiger partial charge is 0.351 e. The first-order valence-electron chi connectivity index (χ1n) is 6.75. The van der Waals surface area contributed by atoms with Gasteiger partial charge >= 0.3 is 0 Å². The maximum Gasteiger partial charge on any atom is 0.220 e. The molecule has 2 aliphatic rings. The van der Waals surface area contributed by atoms with E-state index in [1.165, 1.54) is 6.42 Å². The lowest BCUT2D eigenvalue weighted by Gasteiger charge is -2.34. The Kier molecular flexibility index (Phi) is 4.27. The molecule has 0 aromatic carbocycles. The van der Waals surface area contributed by atoms with Crippen LogP contribution >= 0.6 is 0 Å². The maximum absolute atomic E-state index is 11.8. The molecule has 2 atom stereocenters. The van der Waals surface area contributed by atoms with Crippen LogP contribution in [-0.2, 0) is 14.6 Å². The predicted molar refractivity (Wildman–Crippen MR) is 70.1 cm³/mol. The van der Waals surface area contributed by atoms with Gasteiger partial charge in [-0.25, -0.2) is 8.42 Å². The Morgan fingerprint density at radius 3 is 2.50 bits per heavy atom. The molecule has 1 N–H and O–H groups in total. The lowest BCUT2D eigenvalue weighted by atomic mass is 10.0. The summed E-state index contributed by atoms with van der Waals surface area (Å²) in [7, 11) is -3.00. The van der Waals surface area contributed by atoms with Crippen molar-refractivity contribution in [1.29, 1.82) is 0 Å². The summed E-state index contributed by atoms with van der Waals surface area (Å²) in [6, 6.07) is -0.244. The number of likely N-dealkylation sites (tertiary alicyclic amines) is 1. The first kappa shape index (κ1) is 13.8. The van der Waals surface area contributed by atoms with Gasteiger partial charge in [0.05, 0.1) is 17.5 Å². The van der Waals surface area contributed by atoms with Gasteiger partial charge < -0.3 is 5.32 Å². The second kappa shape index (κ2) is 5.57. The number of hydrogen-bond acceptors (Lipinski definition) is 4. The van der Waals surface area contributed by atoms with E-state index in [-0.39, 0.29) is 29.5 Å². The van der Waals surface area contributed by atoms with Crippen molar-refractivity contribution in [2.45, 2.75) is 44.7 Å². The van der Waals surface area contributed by atoms with Crippen molar-refractivity contribution in [3.05, 3.63) is 0 Å². The van der Waals surface area contributed by atoms with Crippen LogP contribution in [0.1, 0.15) is 32.6 Å². The second-order valence-corrected chi connectivity index (χ2v) is 7.42. The molecular weight excluding hydrogens is 252 g/mol. The second-order valence-electron chi connectivity index (χ2n) is 5.27. The Hall–Kier alpha value is -0.620. The third kappa shape index (κ3) is 3.23. The van der Waals surface area contributed by atoms with Gasteiger partial charge in [0.2, 0.25) is 5.91 Å². The Balaban J connectivity index is 2.07. The van der Waals surface area contributed by atoms with E-state index in [9.17, 15) is 13.2 Å². The van der Waals surface area contributed by atoms with Crippen molar-refractivity contribution < 1.29 is 13.2 Å². The van der Waals surface area contributed by atoms with Crippen LogP contribution in [0.3, 0.4) is 0 Å². The zero-order chi connectivity index (χ0) is 13.2. The summed E-state index contributed by atoms with van der Waals surface area (Å²) in [6.07, 6.45) is 3.89. The summed E-state index contributed by atoms with van der Waals surface area (Å²) in [5, 5.41) is 2.87. The highest BCUT2D eigenvalue weighted by Crippen LogP contribution is 2.22. The lowest BCUT2D eigenvalue weighted by molar-refractivity contribution is -0.121. The van der Waals surface area contributed by atoms with E-state index >= 15 is 0 Å². The molecule has 0 radical (unpaired) electrons. The van der Waals surface area contributed by atoms with Crippen LogP contribution in [0.15, 0.2) is 0 Å². The summed E-state index contributed by atoms with van der Waals surface area (Å²) in [4.78, 5) is 13.7. The van der Waals surface area contributed by atoms with Crippen molar-refractivity contribution in [3.8, 4) is 0 Å². The van der Waals surface area contributed by atoms with E-state index in [1.54, 1.807) is 6.92 Å². The summed E-state index contributed by atoms with van der Waals surface area (Å²) < 4.78 is 23.6. The van der Waals surface area contributed by atoms with E-state index in [0.717, 1.165) is 25.9 Å². The smallest absolute Gasteiger partial charge is 0.220 e. The number of carbonyl (C=O) groups excluding carboxylic acids is 1. The number of hydrogen-bond donors (Lipinski definition) is 1. The molecule has 0 spiro atoms. The van der Waals surface area contributed by atoms with Crippen molar-refractivity contribution >= 4 is 15.7 Å². The highest BCUT2D eigenvalue weighted by molar-refractivity contribution is 7.91. The number of nitrogens with one attached hydrogen (secondary N) is 1. The third-order valence-electron chi connectivity index (χ3n) is 3.85. The summed E-state index contributed by atoms with van der Waals surface area (Å²) in [5.74, 6) is 0.237. The predicted octanol–water partition coefficient (Wildman–Crippen LogP) is 0.164. The van der Waals surface area contributed by atoms with Crippen LogP contribution < -0.4 is 5.32 Å². The van der Waals surface area contributed by atoms with Gasteiger partial charge in [0, 0.05) is 12.5 Å². The van der Waals surface area contributed by atoms with Crippen LogP contribution in [0.25, 0.3) is 0 Å². The van der Waals surface area contributed by atoms with Crippen molar-refractivity contribution in [2.24, 2.45) is 0 Å². The Morgan fingerprint density at radius 1 is 1.22 bits per heavy atom. The van der Waals surface area contributed by atoms with Gasteiger partial charge in [-0.2, -0.15) is 0 Å². The molecule has 104 valence electrons. The number of piperidine rings is 1. The van der Waals surface area contributed by atoms with E-state index in [1.807, 2.05) is 0 Å². The summed E-state index contributed by atoms with van der Waals surface area (Å²) in [6.45, 7) is 3.70. The van der Waals surface area contributed by atoms with Crippen LogP contribution in [-0.4, -0.2) is 55.9 Å². The molecule has 2 fully saturated rings. The van der Waals surface area contributed by atoms with Crippen molar-refractivity contribution in [2.75, 3.05) is 24.6 Å². The van der Waals surface area contributed by atoms with E-state index < -0.39 is 9.84 Å². The molecule has 2 rings (SSSR count). The highest BCUT2D eigenvalue weighted by Gasteiger charge is 2.41. The van der Waals surface area contributed by atoms with Gasteiger partial charge in [0.15, 0.2) is 9.84 Å². The molecule has 0 bridgehead atoms. The lowest BCUT2D eigenvalue weighted by Crippen LogP contribution is -2.52. The van der Waals surface area contributed by atoms with Crippen molar-refractivity contribution in [1.82, 2.24) is 10.2 Å². The Labute approximate surface area is 109 Å². The van der Waals surface area contributed by atoms with Gasteiger partial charge in [-0.15, -0.1) is 0 Å². The quantitative estimate of drug-likeness (QED) is 0.796. The Bertz CT molecular complexity index is 402. The number of nitrogens with zero attached hydrogens (tertiary/aromatic N) is 1. The molecule has 0 aromatic rings. The number of carbonyl (C=O) groups is 1. The van der Waals surface area contributed by atoms with E-state index in [2.05, 4.69) is 10.2 Å². The summed E-state index contributed by atoms with van der Waals surface area (Å²) in [5.41, 5.74) is 0. The molecule has 5 nitrogen and oxygen atoms in total. The molecule has 6 heteroatoms. The topological polar surface area (TPSA) is 66.5 Å². The highest BCUT2D eigenvalue weighted by atomic mass is 32.2. The average Bonchev–Trinajstić information content (AvgIpc) is 2.65. The normalized spacial score (nSPS) is 32.3. The van der Waals surface area contributed by atoms with Crippen molar-refractivity contribution in [3.63, 3.8) is 0 Å². The minimum absolute atomic E-state index is 0.0224. The molecule has 2 saturated heterocycles.